The Labute approximate surface area is 146 Å². The fourth-order valence-electron chi connectivity index (χ4n) is 2.89. The maximum Gasteiger partial charge on any atom is 0.338 e. The van der Waals surface area contributed by atoms with E-state index in [2.05, 4.69) is 5.10 Å². The predicted molar refractivity (Wildman–Crippen MR) is 91.0 cm³/mol. The predicted octanol–water partition coefficient (Wildman–Crippen LogP) is 1.42. The molecule has 136 valence electrons. The summed E-state index contributed by atoms with van der Waals surface area (Å²) in [6.07, 6.45) is 1.56. The van der Waals surface area contributed by atoms with Crippen molar-refractivity contribution < 1.29 is 22.7 Å². The van der Waals surface area contributed by atoms with Crippen LogP contribution in [0.3, 0.4) is 0 Å². The van der Waals surface area contributed by atoms with Gasteiger partial charge in [0.1, 0.15) is 0 Å². The summed E-state index contributed by atoms with van der Waals surface area (Å²) in [5, 5.41) is 4.86. The molecule has 3 rings (SSSR count). The Balaban J connectivity index is 2.21. The van der Waals surface area contributed by atoms with Crippen LogP contribution >= 0.6 is 0 Å². The Kier molecular flexibility index (Phi) is 4.81. The number of hydrogen-bond acceptors (Lipinski definition) is 6. The molecule has 9 heteroatoms. The lowest BCUT2D eigenvalue weighted by molar-refractivity contribution is 0.0602. The lowest BCUT2D eigenvalue weighted by atomic mass is 10.1. The van der Waals surface area contributed by atoms with Gasteiger partial charge in [-0.2, -0.15) is 9.40 Å². The van der Waals surface area contributed by atoms with E-state index in [4.69, 9.17) is 9.47 Å². The summed E-state index contributed by atoms with van der Waals surface area (Å²) in [6.45, 7) is 5.17. The molecule has 1 saturated heterocycles. The van der Waals surface area contributed by atoms with Gasteiger partial charge < -0.3 is 9.47 Å². The molecule has 0 aliphatic carbocycles. The summed E-state index contributed by atoms with van der Waals surface area (Å²) < 4.78 is 39.1. The zero-order valence-electron chi connectivity index (χ0n) is 14.4. The number of hydrogen-bond donors (Lipinski definition) is 0. The zero-order valence-corrected chi connectivity index (χ0v) is 15.2. The fraction of sp³-hybridized carbons (Fsp3) is 0.500. The molecule has 0 saturated carbocycles. The number of sulfonamides is 1. The summed E-state index contributed by atoms with van der Waals surface area (Å²) in [6, 6.07) is 2.95. The van der Waals surface area contributed by atoms with E-state index in [9.17, 15) is 13.2 Å². The second kappa shape index (κ2) is 6.74. The maximum absolute atomic E-state index is 13.0. The number of esters is 1. The van der Waals surface area contributed by atoms with Crippen LogP contribution in [0.2, 0.25) is 0 Å². The molecule has 1 fully saturated rings. The van der Waals surface area contributed by atoms with Gasteiger partial charge in [0.05, 0.1) is 42.5 Å². The van der Waals surface area contributed by atoms with E-state index in [-0.39, 0.29) is 29.6 Å². The van der Waals surface area contributed by atoms with Crippen molar-refractivity contribution >= 4 is 26.9 Å². The molecule has 2 aromatic rings. The number of ether oxygens (including phenoxy) is 2. The summed E-state index contributed by atoms with van der Waals surface area (Å²) in [5.41, 5.74) is 0.781. The molecular weight excluding hydrogens is 346 g/mol. The van der Waals surface area contributed by atoms with Gasteiger partial charge in [0, 0.05) is 24.5 Å². The minimum atomic E-state index is -3.73. The van der Waals surface area contributed by atoms with Gasteiger partial charge in [-0.1, -0.05) is 0 Å². The van der Waals surface area contributed by atoms with Gasteiger partial charge >= 0.3 is 5.97 Å². The minimum Gasteiger partial charge on any atom is -0.465 e. The molecule has 0 spiro atoms. The van der Waals surface area contributed by atoms with Crippen LogP contribution in [-0.2, 0) is 19.5 Å². The zero-order chi connectivity index (χ0) is 18.2. The van der Waals surface area contributed by atoms with Crippen LogP contribution in [0.1, 0.15) is 30.2 Å². The van der Waals surface area contributed by atoms with Crippen molar-refractivity contribution in [2.75, 3.05) is 33.4 Å². The summed E-state index contributed by atoms with van der Waals surface area (Å²) in [4.78, 5) is 12.2. The first-order valence-electron chi connectivity index (χ1n) is 8.03. The molecule has 1 aliphatic heterocycles. The Morgan fingerprint density at radius 1 is 1.28 bits per heavy atom. The van der Waals surface area contributed by atoms with E-state index in [1.807, 2.05) is 13.8 Å². The average Bonchev–Trinajstić information content (AvgIpc) is 3.05. The standard InChI is InChI=1S/C16H21N3O5S/c1-11(2)19-15-9-12(25(21,22)18-4-6-24-7-5-18)8-13(16(20)23-3)14(15)10-17-19/h8-11H,4-7H2,1-3H3. The van der Waals surface area contributed by atoms with E-state index in [0.717, 1.165) is 0 Å². The van der Waals surface area contributed by atoms with Gasteiger partial charge in [0.2, 0.25) is 10.0 Å². The summed E-state index contributed by atoms with van der Waals surface area (Å²) in [5.74, 6) is -0.590. The highest BCUT2D eigenvalue weighted by Gasteiger charge is 2.29. The molecule has 0 N–H and O–H groups in total. The Morgan fingerprint density at radius 2 is 1.96 bits per heavy atom. The Morgan fingerprint density at radius 3 is 2.56 bits per heavy atom. The highest BCUT2D eigenvalue weighted by atomic mass is 32.2. The fourth-order valence-corrected chi connectivity index (χ4v) is 4.35. The number of methoxy groups -OCH3 is 1. The third kappa shape index (κ3) is 3.14. The molecule has 0 radical (unpaired) electrons. The number of morpholine rings is 1. The van der Waals surface area contributed by atoms with Gasteiger partial charge in [-0.3, -0.25) is 4.68 Å². The molecule has 0 atom stereocenters. The monoisotopic (exact) mass is 367 g/mol. The Bertz CT molecular complexity index is 898. The van der Waals surface area contributed by atoms with E-state index in [0.29, 0.717) is 24.1 Å². The third-order valence-electron chi connectivity index (χ3n) is 4.19. The van der Waals surface area contributed by atoms with Gasteiger partial charge in [-0.05, 0) is 26.0 Å². The van der Waals surface area contributed by atoms with Gasteiger partial charge in [0.25, 0.3) is 0 Å². The van der Waals surface area contributed by atoms with Gasteiger partial charge in [-0.15, -0.1) is 0 Å². The highest BCUT2D eigenvalue weighted by molar-refractivity contribution is 7.89. The van der Waals surface area contributed by atoms with Crippen LogP contribution in [0.5, 0.6) is 0 Å². The van der Waals surface area contributed by atoms with Crippen LogP contribution in [0, 0.1) is 0 Å². The van der Waals surface area contributed by atoms with Crippen LogP contribution in [0.4, 0.5) is 0 Å². The molecule has 8 nitrogen and oxygen atoms in total. The Hall–Kier alpha value is -1.97. The molecule has 0 amide bonds. The number of nitrogens with zero attached hydrogens (tertiary/aromatic N) is 3. The molecule has 1 aromatic carbocycles. The molecule has 1 aromatic heterocycles. The lowest BCUT2D eigenvalue weighted by Gasteiger charge is -2.26. The van der Waals surface area contributed by atoms with E-state index >= 15 is 0 Å². The maximum atomic E-state index is 13.0. The second-order valence-electron chi connectivity index (χ2n) is 6.09. The molecular formula is C16H21N3O5S. The molecule has 25 heavy (non-hydrogen) atoms. The van der Waals surface area contributed by atoms with Crippen LogP contribution < -0.4 is 0 Å². The van der Waals surface area contributed by atoms with Gasteiger partial charge in [0.15, 0.2) is 0 Å². The number of aromatic nitrogens is 2. The first kappa shape index (κ1) is 17.8. The molecule has 2 heterocycles. The van der Waals surface area contributed by atoms with Crippen LogP contribution in [0.15, 0.2) is 23.2 Å². The van der Waals surface area contributed by atoms with Crippen molar-refractivity contribution in [3.8, 4) is 0 Å². The minimum absolute atomic E-state index is 0.0179. The molecule has 1 aliphatic rings. The second-order valence-corrected chi connectivity index (χ2v) is 8.03. The van der Waals surface area contributed by atoms with Crippen molar-refractivity contribution in [2.45, 2.75) is 24.8 Å². The third-order valence-corrected chi connectivity index (χ3v) is 6.07. The number of carbonyl (C=O) groups is 1. The van der Waals surface area contributed by atoms with Crippen LogP contribution in [-0.4, -0.2) is 61.9 Å². The number of rotatable bonds is 4. The SMILES string of the molecule is COC(=O)c1cc(S(=O)(=O)N2CCOCC2)cc2c1cnn2C(C)C. The van der Waals surface area contributed by atoms with Gasteiger partial charge in [-0.25, -0.2) is 13.2 Å². The number of carbonyl (C=O) groups excluding carboxylic acids is 1. The van der Waals surface area contributed by atoms with Crippen molar-refractivity contribution in [1.82, 2.24) is 14.1 Å². The number of benzene rings is 1. The lowest BCUT2D eigenvalue weighted by Crippen LogP contribution is -2.40. The quantitative estimate of drug-likeness (QED) is 0.759. The molecule has 0 bridgehead atoms. The van der Waals surface area contributed by atoms with Crippen molar-refractivity contribution in [2.24, 2.45) is 0 Å². The van der Waals surface area contributed by atoms with Crippen molar-refractivity contribution in [1.29, 1.82) is 0 Å². The highest BCUT2D eigenvalue weighted by Crippen LogP contribution is 2.28. The normalized spacial score (nSPS) is 16.5. The van der Waals surface area contributed by atoms with E-state index in [1.165, 1.54) is 17.5 Å². The smallest absolute Gasteiger partial charge is 0.338 e. The largest absolute Gasteiger partial charge is 0.465 e. The van der Waals surface area contributed by atoms with E-state index < -0.39 is 16.0 Å². The van der Waals surface area contributed by atoms with Crippen molar-refractivity contribution in [3.63, 3.8) is 0 Å². The average molecular weight is 367 g/mol. The van der Waals surface area contributed by atoms with E-state index in [1.54, 1.807) is 16.9 Å². The molecule has 0 unspecified atom stereocenters. The number of fused-ring (bicyclic) bond motifs is 1. The van der Waals surface area contributed by atoms with Crippen LogP contribution in [0.25, 0.3) is 10.9 Å². The first-order chi connectivity index (χ1) is 11.9. The summed E-state index contributed by atoms with van der Waals surface area (Å²) >= 11 is 0. The van der Waals surface area contributed by atoms with Crippen molar-refractivity contribution in [3.05, 3.63) is 23.9 Å². The summed E-state index contributed by atoms with van der Waals surface area (Å²) in [7, 11) is -2.47. The topological polar surface area (TPSA) is 90.7 Å². The first-order valence-corrected chi connectivity index (χ1v) is 9.47.